The average molecular weight is 339 g/mol. The van der Waals surface area contributed by atoms with E-state index in [1.807, 2.05) is 17.5 Å². The number of rotatable bonds is 4. The fourth-order valence-corrected chi connectivity index (χ4v) is 2.78. The van der Waals surface area contributed by atoms with Crippen LogP contribution in [0.1, 0.15) is 24.5 Å². The molecule has 0 saturated heterocycles. The summed E-state index contributed by atoms with van der Waals surface area (Å²) in [5.74, 6) is 0.395. The number of aromatic nitrogens is 1. The van der Waals surface area contributed by atoms with Crippen molar-refractivity contribution in [1.29, 1.82) is 0 Å². The maximum atomic E-state index is 6.05. The number of nitrogen functional groups attached to an aromatic ring is 1. The molecule has 0 amide bonds. The molecule has 0 unspecified atom stereocenters. The van der Waals surface area contributed by atoms with Crippen LogP contribution in [0.4, 0.5) is 10.8 Å². The lowest BCUT2D eigenvalue weighted by atomic mass is 10.0. The molecule has 0 saturated carbocycles. The summed E-state index contributed by atoms with van der Waals surface area (Å²) in [5.41, 5.74) is 14.6. The van der Waals surface area contributed by atoms with Crippen LogP contribution >= 0.6 is 27.3 Å². The second-order valence-corrected chi connectivity index (χ2v) is 5.83. The predicted octanol–water partition coefficient (Wildman–Crippen LogP) is 3.48. The molecule has 0 spiro atoms. The highest BCUT2D eigenvalue weighted by Crippen LogP contribution is 2.27. The van der Waals surface area contributed by atoms with Crippen molar-refractivity contribution in [1.82, 2.24) is 4.98 Å². The van der Waals surface area contributed by atoms with E-state index in [4.69, 9.17) is 11.5 Å². The third kappa shape index (κ3) is 3.33. The Labute approximate surface area is 124 Å². The molecule has 2 rings (SSSR count). The zero-order chi connectivity index (χ0) is 13.8. The number of anilines is 1. The Kier molecular flexibility index (Phi) is 4.55. The lowest BCUT2D eigenvalue weighted by Crippen LogP contribution is -2.16. The largest absolute Gasteiger partial charge is 0.397 e. The van der Waals surface area contributed by atoms with Crippen LogP contribution in [0.2, 0.25) is 0 Å². The average Bonchev–Trinajstić information content (AvgIpc) is 2.86. The topological polar surface area (TPSA) is 77.3 Å². The molecule has 0 aliphatic carbocycles. The molecule has 4 N–H and O–H groups in total. The molecule has 19 heavy (non-hydrogen) atoms. The molecule has 1 aromatic heterocycles. The number of aliphatic imine (C=N–C) groups is 1. The number of thiazole rings is 1. The van der Waals surface area contributed by atoms with Gasteiger partial charge in [0.05, 0.1) is 5.69 Å². The summed E-state index contributed by atoms with van der Waals surface area (Å²) >= 11 is 4.90. The van der Waals surface area contributed by atoms with E-state index in [1.54, 1.807) is 6.20 Å². The summed E-state index contributed by atoms with van der Waals surface area (Å²) in [7, 11) is 0. The van der Waals surface area contributed by atoms with Crippen molar-refractivity contribution in [3.63, 3.8) is 0 Å². The van der Waals surface area contributed by atoms with Gasteiger partial charge in [0.2, 0.25) is 5.13 Å². The number of aryl methyl sites for hydroxylation is 1. The molecule has 2 aromatic rings. The van der Waals surface area contributed by atoms with Gasteiger partial charge in [-0.15, -0.1) is 11.3 Å². The number of benzene rings is 1. The number of nitrogens with zero attached hydrogens (tertiary/aromatic N) is 2. The molecule has 0 fully saturated rings. The van der Waals surface area contributed by atoms with Gasteiger partial charge in [-0.3, -0.25) is 0 Å². The lowest BCUT2D eigenvalue weighted by Gasteiger charge is -2.10. The molecule has 1 aromatic carbocycles. The van der Waals surface area contributed by atoms with E-state index in [2.05, 4.69) is 32.8 Å². The first-order chi connectivity index (χ1) is 9.11. The monoisotopic (exact) mass is 338 g/mol. The van der Waals surface area contributed by atoms with Crippen LogP contribution in [0.25, 0.3) is 0 Å². The van der Waals surface area contributed by atoms with Gasteiger partial charge in [0, 0.05) is 21.6 Å². The number of nitrogens with two attached hydrogens (primary N) is 2. The van der Waals surface area contributed by atoms with Crippen LogP contribution in [0.3, 0.4) is 0 Å². The summed E-state index contributed by atoms with van der Waals surface area (Å²) < 4.78 is 0.853. The zero-order valence-electron chi connectivity index (χ0n) is 10.6. The smallest absolute Gasteiger partial charge is 0.211 e. The Balaban J connectivity index is 2.43. The standard InChI is InChI=1S/C13H15BrN4S/c1-2-3-8-6-9(11(15)10(14)7-8)12(16)18-13-17-4-5-19-13/h4-7H,2-3,15H2,1H3,(H2,16,17,18). The summed E-state index contributed by atoms with van der Waals surface area (Å²) in [6.45, 7) is 2.14. The first-order valence-electron chi connectivity index (χ1n) is 5.93. The van der Waals surface area contributed by atoms with Crippen molar-refractivity contribution < 1.29 is 0 Å². The highest BCUT2D eigenvalue weighted by molar-refractivity contribution is 9.10. The van der Waals surface area contributed by atoms with Crippen molar-refractivity contribution >= 4 is 43.9 Å². The van der Waals surface area contributed by atoms with E-state index in [9.17, 15) is 0 Å². The van der Waals surface area contributed by atoms with Gasteiger partial charge in [-0.1, -0.05) is 13.3 Å². The van der Waals surface area contributed by atoms with Crippen LogP contribution in [0.5, 0.6) is 0 Å². The first-order valence-corrected chi connectivity index (χ1v) is 7.61. The Morgan fingerprint density at radius 3 is 2.89 bits per heavy atom. The third-order valence-corrected chi connectivity index (χ3v) is 3.96. The van der Waals surface area contributed by atoms with Crippen LogP contribution in [0, 0.1) is 0 Å². The van der Waals surface area contributed by atoms with Gasteiger partial charge in [0.1, 0.15) is 5.84 Å². The normalized spacial score (nSPS) is 11.8. The summed E-state index contributed by atoms with van der Waals surface area (Å²) in [4.78, 5) is 8.38. The van der Waals surface area contributed by atoms with Crippen molar-refractivity contribution in [3.05, 3.63) is 39.3 Å². The van der Waals surface area contributed by atoms with Gasteiger partial charge in [-0.25, -0.2) is 9.98 Å². The first kappa shape index (κ1) is 14.0. The SMILES string of the molecule is CCCc1cc(Br)c(N)c(/C(N)=N/c2nccs2)c1. The molecule has 1 heterocycles. The molecule has 0 aliphatic rings. The third-order valence-electron chi connectivity index (χ3n) is 2.64. The molecule has 0 radical (unpaired) electrons. The summed E-state index contributed by atoms with van der Waals surface area (Å²) in [5, 5.41) is 2.49. The summed E-state index contributed by atoms with van der Waals surface area (Å²) in [6, 6.07) is 4.02. The second-order valence-electron chi connectivity index (χ2n) is 4.10. The summed E-state index contributed by atoms with van der Waals surface area (Å²) in [6.07, 6.45) is 3.75. The fraction of sp³-hybridized carbons (Fsp3) is 0.231. The van der Waals surface area contributed by atoms with Crippen molar-refractivity contribution in [2.75, 3.05) is 5.73 Å². The van der Waals surface area contributed by atoms with Gasteiger partial charge < -0.3 is 11.5 Å². The molecule has 4 nitrogen and oxygen atoms in total. The van der Waals surface area contributed by atoms with E-state index >= 15 is 0 Å². The van der Waals surface area contributed by atoms with Gasteiger partial charge in [-0.2, -0.15) is 0 Å². The van der Waals surface area contributed by atoms with Crippen LogP contribution in [0.15, 0.2) is 33.2 Å². The molecular weight excluding hydrogens is 324 g/mol. The van der Waals surface area contributed by atoms with E-state index in [0.29, 0.717) is 16.7 Å². The van der Waals surface area contributed by atoms with Crippen molar-refractivity contribution in [2.45, 2.75) is 19.8 Å². The maximum absolute atomic E-state index is 6.05. The van der Waals surface area contributed by atoms with Gasteiger partial charge >= 0.3 is 0 Å². The number of hydrogen-bond acceptors (Lipinski definition) is 4. The Morgan fingerprint density at radius 1 is 1.47 bits per heavy atom. The zero-order valence-corrected chi connectivity index (χ0v) is 13.0. The van der Waals surface area contributed by atoms with Crippen molar-refractivity contribution in [2.24, 2.45) is 10.7 Å². The molecular formula is C13H15BrN4S. The van der Waals surface area contributed by atoms with E-state index in [1.165, 1.54) is 16.9 Å². The quantitative estimate of drug-likeness (QED) is 0.509. The molecule has 100 valence electrons. The molecule has 6 heteroatoms. The van der Waals surface area contributed by atoms with Crippen LogP contribution < -0.4 is 11.5 Å². The minimum absolute atomic E-state index is 0.395. The van der Waals surface area contributed by atoms with Gasteiger partial charge in [-0.05, 0) is 40.0 Å². The van der Waals surface area contributed by atoms with Gasteiger partial charge in [0.15, 0.2) is 0 Å². The molecule has 0 atom stereocenters. The second kappa shape index (κ2) is 6.16. The van der Waals surface area contributed by atoms with E-state index < -0.39 is 0 Å². The van der Waals surface area contributed by atoms with E-state index in [0.717, 1.165) is 22.9 Å². The fourth-order valence-electron chi connectivity index (χ4n) is 1.75. The highest BCUT2D eigenvalue weighted by atomic mass is 79.9. The Hall–Kier alpha value is -1.40. The maximum Gasteiger partial charge on any atom is 0.211 e. The van der Waals surface area contributed by atoms with Crippen molar-refractivity contribution in [3.8, 4) is 0 Å². The lowest BCUT2D eigenvalue weighted by molar-refractivity contribution is 0.921. The Bertz CT molecular complexity index is 593. The predicted molar refractivity (Wildman–Crippen MR) is 85.0 cm³/mol. The molecule has 0 bridgehead atoms. The van der Waals surface area contributed by atoms with E-state index in [-0.39, 0.29) is 0 Å². The number of amidine groups is 1. The minimum Gasteiger partial charge on any atom is -0.397 e. The van der Waals surface area contributed by atoms with Crippen LogP contribution in [-0.2, 0) is 6.42 Å². The Morgan fingerprint density at radius 2 is 2.26 bits per heavy atom. The number of halogens is 1. The highest BCUT2D eigenvalue weighted by Gasteiger charge is 2.10. The number of hydrogen-bond donors (Lipinski definition) is 2. The van der Waals surface area contributed by atoms with Crippen LogP contribution in [-0.4, -0.2) is 10.8 Å². The molecule has 0 aliphatic heterocycles. The van der Waals surface area contributed by atoms with Gasteiger partial charge in [0.25, 0.3) is 0 Å². The minimum atomic E-state index is 0.395.